The maximum atomic E-state index is 13.1. The number of halogens is 2. The maximum Gasteiger partial charge on any atom is 0.141 e. The number of nitrogens with one attached hydrogen (secondary N) is 1. The highest BCUT2D eigenvalue weighted by Gasteiger charge is 2.06. The average molecular weight is 296 g/mol. The molecule has 0 bridgehead atoms. The van der Waals surface area contributed by atoms with Crippen molar-refractivity contribution in [3.63, 3.8) is 0 Å². The summed E-state index contributed by atoms with van der Waals surface area (Å²) in [5.41, 5.74) is 3.14. The number of aryl methyl sites for hydroxylation is 1. The first-order chi connectivity index (χ1) is 9.60. The normalized spacial score (nSPS) is 11.0. The molecule has 0 fully saturated rings. The molecule has 0 aliphatic carbocycles. The predicted molar refractivity (Wildman–Crippen MR) is 79.5 cm³/mol. The molecule has 0 aliphatic heterocycles. The van der Waals surface area contributed by atoms with E-state index >= 15 is 0 Å². The third kappa shape index (κ3) is 3.81. The quantitative estimate of drug-likeness (QED) is 0.826. The summed E-state index contributed by atoms with van der Waals surface area (Å²) in [4.78, 5) is 0. The van der Waals surface area contributed by atoms with Gasteiger partial charge in [-0.2, -0.15) is 5.10 Å². The van der Waals surface area contributed by atoms with E-state index in [2.05, 4.69) is 17.3 Å². The molecule has 0 saturated carbocycles. The highest BCUT2D eigenvalue weighted by molar-refractivity contribution is 6.30. The fourth-order valence-corrected chi connectivity index (χ4v) is 2.24. The zero-order valence-corrected chi connectivity index (χ0v) is 12.5. The van der Waals surface area contributed by atoms with Crippen molar-refractivity contribution in [2.45, 2.75) is 33.4 Å². The van der Waals surface area contributed by atoms with Crippen molar-refractivity contribution in [3.8, 4) is 0 Å². The van der Waals surface area contributed by atoms with Crippen LogP contribution in [0.5, 0.6) is 0 Å². The van der Waals surface area contributed by atoms with Crippen LogP contribution in [-0.4, -0.2) is 16.3 Å². The van der Waals surface area contributed by atoms with Gasteiger partial charge in [-0.05, 0) is 37.6 Å². The first-order valence-electron chi connectivity index (χ1n) is 6.77. The van der Waals surface area contributed by atoms with E-state index in [9.17, 15) is 4.39 Å². The highest BCUT2D eigenvalue weighted by Crippen LogP contribution is 2.17. The van der Waals surface area contributed by atoms with Crippen LogP contribution in [0.25, 0.3) is 0 Å². The number of hydrogen-bond acceptors (Lipinski definition) is 2. The minimum Gasteiger partial charge on any atom is -0.313 e. The van der Waals surface area contributed by atoms with Gasteiger partial charge in [0.25, 0.3) is 0 Å². The number of nitrogens with zero attached hydrogens (tertiary/aromatic N) is 2. The van der Waals surface area contributed by atoms with Crippen LogP contribution in [0.2, 0.25) is 5.02 Å². The maximum absolute atomic E-state index is 13.1. The number of hydrogen-bond donors (Lipinski definition) is 1. The van der Waals surface area contributed by atoms with E-state index in [1.54, 1.807) is 12.1 Å². The summed E-state index contributed by atoms with van der Waals surface area (Å²) in [5.74, 6) is -0.392. The van der Waals surface area contributed by atoms with Gasteiger partial charge in [0, 0.05) is 18.3 Å². The first-order valence-corrected chi connectivity index (χ1v) is 7.15. The minimum absolute atomic E-state index is 0.149. The summed E-state index contributed by atoms with van der Waals surface area (Å²) in [5, 5.41) is 7.99. The van der Waals surface area contributed by atoms with Gasteiger partial charge in [0.1, 0.15) is 5.82 Å². The lowest BCUT2D eigenvalue weighted by Gasteiger charge is -2.03. The van der Waals surface area contributed by atoms with Crippen molar-refractivity contribution in [2.75, 3.05) is 6.54 Å². The second kappa shape index (κ2) is 6.86. The summed E-state index contributed by atoms with van der Waals surface area (Å²) in [7, 11) is 0. The van der Waals surface area contributed by atoms with Crippen LogP contribution in [0.3, 0.4) is 0 Å². The monoisotopic (exact) mass is 295 g/mol. The minimum atomic E-state index is -0.392. The van der Waals surface area contributed by atoms with Crippen molar-refractivity contribution in [1.82, 2.24) is 15.1 Å². The zero-order valence-electron chi connectivity index (χ0n) is 11.8. The molecule has 1 N–H and O–H groups in total. The lowest BCUT2D eigenvalue weighted by Crippen LogP contribution is -2.13. The molecular formula is C15H19ClFN3. The summed E-state index contributed by atoms with van der Waals surface area (Å²) in [6.07, 6.45) is 3.14. The molecule has 0 saturated heterocycles. The van der Waals surface area contributed by atoms with Crippen molar-refractivity contribution < 1.29 is 4.39 Å². The van der Waals surface area contributed by atoms with E-state index in [1.165, 1.54) is 11.6 Å². The molecule has 1 aromatic heterocycles. The van der Waals surface area contributed by atoms with Gasteiger partial charge in [0.15, 0.2) is 0 Å². The Labute approximate surface area is 123 Å². The second-order valence-corrected chi connectivity index (χ2v) is 5.27. The van der Waals surface area contributed by atoms with Gasteiger partial charge in [-0.3, -0.25) is 4.68 Å². The summed E-state index contributed by atoms with van der Waals surface area (Å²) < 4.78 is 15.0. The molecule has 108 valence electrons. The Kier molecular flexibility index (Phi) is 5.15. The van der Waals surface area contributed by atoms with E-state index in [1.807, 2.05) is 17.8 Å². The van der Waals surface area contributed by atoms with Gasteiger partial charge in [0.05, 0.1) is 17.3 Å². The lowest BCUT2D eigenvalue weighted by molar-refractivity contribution is 0.624. The summed E-state index contributed by atoms with van der Waals surface area (Å²) in [6, 6.07) is 4.76. The molecule has 2 aromatic rings. The van der Waals surface area contributed by atoms with Crippen LogP contribution in [0.15, 0.2) is 24.4 Å². The second-order valence-electron chi connectivity index (χ2n) is 4.86. The Morgan fingerprint density at radius 3 is 2.90 bits per heavy atom. The fraction of sp³-hybridized carbons (Fsp3) is 0.400. The van der Waals surface area contributed by atoms with E-state index in [-0.39, 0.29) is 5.02 Å². The molecule has 1 heterocycles. The van der Waals surface area contributed by atoms with Crippen LogP contribution in [0.1, 0.15) is 30.2 Å². The van der Waals surface area contributed by atoms with Gasteiger partial charge in [-0.1, -0.05) is 24.6 Å². The molecule has 5 heteroatoms. The number of aromatic nitrogens is 2. The third-order valence-corrected chi connectivity index (χ3v) is 3.41. The van der Waals surface area contributed by atoms with Crippen LogP contribution in [0.4, 0.5) is 4.39 Å². The molecule has 3 nitrogen and oxygen atoms in total. The third-order valence-electron chi connectivity index (χ3n) is 3.12. The van der Waals surface area contributed by atoms with Gasteiger partial charge in [-0.15, -0.1) is 0 Å². The largest absolute Gasteiger partial charge is 0.313 e. The van der Waals surface area contributed by atoms with E-state index < -0.39 is 5.82 Å². The topological polar surface area (TPSA) is 29.9 Å². The fourth-order valence-electron chi connectivity index (χ4n) is 2.04. The Morgan fingerprint density at radius 2 is 2.20 bits per heavy atom. The van der Waals surface area contributed by atoms with E-state index in [0.29, 0.717) is 6.54 Å². The standard InChI is InChI=1S/C15H19ClFN3/c1-3-6-18-8-13-10-20(19-11(13)2)9-12-4-5-15(17)14(16)7-12/h4-5,7,10,18H,3,6,8-9H2,1-2H3. The SMILES string of the molecule is CCCNCc1cn(Cc2ccc(F)c(Cl)c2)nc1C. The molecule has 0 unspecified atom stereocenters. The van der Waals surface area contributed by atoms with Gasteiger partial charge < -0.3 is 5.32 Å². The van der Waals surface area contributed by atoms with Crippen LogP contribution in [-0.2, 0) is 13.1 Å². The van der Waals surface area contributed by atoms with Crippen molar-refractivity contribution in [2.24, 2.45) is 0 Å². The van der Waals surface area contributed by atoms with Crippen molar-refractivity contribution >= 4 is 11.6 Å². The zero-order chi connectivity index (χ0) is 14.5. The Balaban J connectivity index is 2.05. The lowest BCUT2D eigenvalue weighted by atomic mass is 10.2. The molecule has 0 amide bonds. The van der Waals surface area contributed by atoms with Gasteiger partial charge >= 0.3 is 0 Å². The highest BCUT2D eigenvalue weighted by atomic mass is 35.5. The molecule has 20 heavy (non-hydrogen) atoms. The Hall–Kier alpha value is -1.39. The Morgan fingerprint density at radius 1 is 1.40 bits per heavy atom. The van der Waals surface area contributed by atoms with Crippen molar-refractivity contribution in [1.29, 1.82) is 0 Å². The average Bonchev–Trinajstić information content (AvgIpc) is 2.75. The first kappa shape index (κ1) is 15.0. The van der Waals surface area contributed by atoms with Gasteiger partial charge in [-0.25, -0.2) is 4.39 Å². The van der Waals surface area contributed by atoms with Crippen molar-refractivity contribution in [3.05, 3.63) is 52.1 Å². The number of rotatable bonds is 6. The van der Waals surface area contributed by atoms with Crippen LogP contribution >= 0.6 is 11.6 Å². The van der Waals surface area contributed by atoms with E-state index in [0.717, 1.165) is 30.8 Å². The molecular weight excluding hydrogens is 277 g/mol. The predicted octanol–water partition coefficient (Wildman–Crippen LogP) is 3.53. The molecule has 0 radical (unpaired) electrons. The smallest absolute Gasteiger partial charge is 0.141 e. The van der Waals surface area contributed by atoms with Crippen LogP contribution in [0, 0.1) is 12.7 Å². The van der Waals surface area contributed by atoms with E-state index in [4.69, 9.17) is 11.6 Å². The van der Waals surface area contributed by atoms with Crippen LogP contribution < -0.4 is 5.32 Å². The molecule has 0 aliphatic rings. The molecule has 1 aromatic carbocycles. The molecule has 2 rings (SSSR count). The Bertz CT molecular complexity index is 580. The summed E-state index contributed by atoms with van der Waals surface area (Å²) >= 11 is 5.79. The van der Waals surface area contributed by atoms with Gasteiger partial charge in [0.2, 0.25) is 0 Å². The number of benzene rings is 1. The molecule has 0 atom stereocenters. The summed E-state index contributed by atoms with van der Waals surface area (Å²) in [6.45, 7) is 6.55. The molecule has 0 spiro atoms.